The lowest BCUT2D eigenvalue weighted by Gasteiger charge is -2.11. The molecule has 16 heavy (non-hydrogen) atoms. The molecule has 0 radical (unpaired) electrons. The molecule has 3 N–H and O–H groups in total. The maximum absolute atomic E-state index is 10.8. The molecule has 0 aliphatic rings. The summed E-state index contributed by atoms with van der Waals surface area (Å²) in [7, 11) is 1.43. The fraction of sp³-hybridized carbons (Fsp3) is 0.200. The maximum Gasteiger partial charge on any atom is 0.325 e. The number of carboxylic acid groups (broad SMARTS) is 1. The Morgan fingerprint density at radius 2 is 2.38 bits per heavy atom. The van der Waals surface area contributed by atoms with E-state index in [1.807, 2.05) is 0 Å². The normalized spacial score (nSPS) is 12.6. The third-order valence-corrected chi connectivity index (χ3v) is 2.29. The molecule has 1 aromatic carbocycles. The summed E-state index contributed by atoms with van der Waals surface area (Å²) >= 11 is 0. The molecule has 1 unspecified atom stereocenters. The highest BCUT2D eigenvalue weighted by atomic mass is 16.5. The molecule has 2 aromatic rings. The summed E-state index contributed by atoms with van der Waals surface area (Å²) in [5, 5.41) is 8.85. The van der Waals surface area contributed by atoms with Crippen LogP contribution in [0.4, 0.5) is 0 Å². The van der Waals surface area contributed by atoms with Gasteiger partial charge in [-0.15, -0.1) is 0 Å². The smallest absolute Gasteiger partial charge is 0.325 e. The molecule has 6 nitrogen and oxygen atoms in total. The van der Waals surface area contributed by atoms with Crippen molar-refractivity contribution in [1.29, 1.82) is 0 Å². The summed E-state index contributed by atoms with van der Waals surface area (Å²) < 4.78 is 10.2. The van der Waals surface area contributed by atoms with Gasteiger partial charge in [0.25, 0.3) is 0 Å². The van der Waals surface area contributed by atoms with Crippen LogP contribution in [-0.4, -0.2) is 23.2 Å². The Morgan fingerprint density at radius 1 is 1.62 bits per heavy atom. The Kier molecular flexibility index (Phi) is 2.49. The summed E-state index contributed by atoms with van der Waals surface area (Å²) in [5.41, 5.74) is 6.90. The number of hydrogen-bond donors (Lipinski definition) is 2. The van der Waals surface area contributed by atoms with E-state index < -0.39 is 12.0 Å². The van der Waals surface area contributed by atoms with E-state index in [4.69, 9.17) is 20.0 Å². The fourth-order valence-electron chi connectivity index (χ4n) is 1.51. The van der Waals surface area contributed by atoms with Gasteiger partial charge in [-0.05, 0) is 12.1 Å². The molecule has 0 fully saturated rings. The van der Waals surface area contributed by atoms with Gasteiger partial charge in [-0.1, -0.05) is 0 Å². The fourth-order valence-corrected chi connectivity index (χ4v) is 1.51. The molecule has 0 aliphatic carbocycles. The van der Waals surface area contributed by atoms with Gasteiger partial charge in [-0.2, -0.15) is 0 Å². The minimum absolute atomic E-state index is 0.334. The predicted octanol–water partition coefficient (Wildman–Crippen LogP) is 0.921. The SMILES string of the molecule is COc1c(C(N)C(=O)O)ccc2ocnc12. The first kappa shape index (κ1) is 10.4. The van der Waals surface area contributed by atoms with Gasteiger partial charge in [-0.25, -0.2) is 4.98 Å². The van der Waals surface area contributed by atoms with Crippen LogP contribution in [0.3, 0.4) is 0 Å². The van der Waals surface area contributed by atoms with Gasteiger partial charge < -0.3 is 20.0 Å². The maximum atomic E-state index is 10.8. The first-order valence-electron chi connectivity index (χ1n) is 4.53. The lowest BCUT2D eigenvalue weighted by atomic mass is 10.1. The first-order chi connectivity index (χ1) is 7.65. The first-order valence-corrected chi connectivity index (χ1v) is 4.53. The highest BCUT2D eigenvalue weighted by Gasteiger charge is 2.21. The minimum atomic E-state index is -1.14. The zero-order valence-electron chi connectivity index (χ0n) is 8.51. The molecule has 0 aliphatic heterocycles. The van der Waals surface area contributed by atoms with Crippen molar-refractivity contribution < 1.29 is 19.1 Å². The Bertz CT molecular complexity index is 535. The van der Waals surface area contributed by atoms with E-state index in [2.05, 4.69) is 4.98 Å². The van der Waals surface area contributed by atoms with E-state index in [1.165, 1.54) is 13.5 Å². The third kappa shape index (κ3) is 1.49. The van der Waals surface area contributed by atoms with Crippen molar-refractivity contribution in [2.75, 3.05) is 7.11 Å². The van der Waals surface area contributed by atoms with Crippen LogP contribution in [0.1, 0.15) is 11.6 Å². The van der Waals surface area contributed by atoms with Crippen molar-refractivity contribution in [1.82, 2.24) is 4.98 Å². The van der Waals surface area contributed by atoms with Crippen LogP contribution in [0.15, 0.2) is 22.9 Å². The van der Waals surface area contributed by atoms with Crippen molar-refractivity contribution in [2.45, 2.75) is 6.04 Å². The number of methoxy groups -OCH3 is 1. The standard InChI is InChI=1S/C10H10N2O4/c1-15-9-5(7(11)10(13)14)2-3-6-8(9)12-4-16-6/h2-4,7H,11H2,1H3,(H,13,14). The number of ether oxygens (including phenoxy) is 1. The minimum Gasteiger partial charge on any atom is -0.494 e. The molecule has 1 aromatic heterocycles. The monoisotopic (exact) mass is 222 g/mol. The predicted molar refractivity (Wildman–Crippen MR) is 55.1 cm³/mol. The van der Waals surface area contributed by atoms with Crippen molar-refractivity contribution in [2.24, 2.45) is 5.73 Å². The van der Waals surface area contributed by atoms with Crippen LogP contribution >= 0.6 is 0 Å². The highest BCUT2D eigenvalue weighted by Crippen LogP contribution is 2.31. The number of oxazole rings is 1. The topological polar surface area (TPSA) is 98.6 Å². The number of benzene rings is 1. The van der Waals surface area contributed by atoms with E-state index in [-0.39, 0.29) is 0 Å². The van der Waals surface area contributed by atoms with Crippen LogP contribution in [0.2, 0.25) is 0 Å². The molecular formula is C10H10N2O4. The van der Waals surface area contributed by atoms with Crippen LogP contribution in [0.25, 0.3) is 11.1 Å². The van der Waals surface area contributed by atoms with E-state index >= 15 is 0 Å². The Labute approximate surface area is 90.6 Å². The van der Waals surface area contributed by atoms with Gasteiger partial charge in [0.05, 0.1) is 7.11 Å². The molecule has 0 bridgehead atoms. The Morgan fingerprint density at radius 3 is 3.00 bits per heavy atom. The van der Waals surface area contributed by atoms with Gasteiger partial charge in [0.1, 0.15) is 6.04 Å². The van der Waals surface area contributed by atoms with Crippen LogP contribution in [0, 0.1) is 0 Å². The van der Waals surface area contributed by atoms with E-state index in [0.29, 0.717) is 22.4 Å². The number of carboxylic acids is 1. The second-order valence-corrected chi connectivity index (χ2v) is 3.20. The number of fused-ring (bicyclic) bond motifs is 1. The van der Waals surface area contributed by atoms with Gasteiger partial charge >= 0.3 is 5.97 Å². The van der Waals surface area contributed by atoms with Crippen molar-refractivity contribution in [3.05, 3.63) is 24.1 Å². The van der Waals surface area contributed by atoms with Gasteiger partial charge in [0.2, 0.25) is 0 Å². The largest absolute Gasteiger partial charge is 0.494 e. The lowest BCUT2D eigenvalue weighted by Crippen LogP contribution is -2.21. The van der Waals surface area contributed by atoms with Crippen LogP contribution in [-0.2, 0) is 4.79 Å². The molecule has 0 amide bonds. The molecule has 0 spiro atoms. The van der Waals surface area contributed by atoms with Crippen LogP contribution < -0.4 is 10.5 Å². The van der Waals surface area contributed by atoms with E-state index in [0.717, 1.165) is 0 Å². The number of rotatable bonds is 3. The molecular weight excluding hydrogens is 212 g/mol. The number of aliphatic carboxylic acids is 1. The van der Waals surface area contributed by atoms with Crippen molar-refractivity contribution >= 4 is 17.1 Å². The van der Waals surface area contributed by atoms with Crippen molar-refractivity contribution in [3.8, 4) is 5.75 Å². The Balaban J connectivity index is 2.64. The van der Waals surface area contributed by atoms with E-state index in [9.17, 15) is 4.79 Å². The number of carbonyl (C=O) groups is 1. The zero-order chi connectivity index (χ0) is 11.7. The summed E-state index contributed by atoms with van der Waals surface area (Å²) in [6, 6.07) is 2.03. The summed E-state index contributed by atoms with van der Waals surface area (Å²) in [4.78, 5) is 14.8. The molecule has 1 heterocycles. The molecule has 2 rings (SSSR count). The van der Waals surface area contributed by atoms with E-state index in [1.54, 1.807) is 12.1 Å². The van der Waals surface area contributed by atoms with Crippen LogP contribution in [0.5, 0.6) is 5.75 Å². The highest BCUT2D eigenvalue weighted by molar-refractivity contribution is 5.85. The third-order valence-electron chi connectivity index (χ3n) is 2.29. The quantitative estimate of drug-likeness (QED) is 0.801. The molecule has 6 heteroatoms. The van der Waals surface area contributed by atoms with Gasteiger partial charge in [0.15, 0.2) is 23.2 Å². The molecule has 1 atom stereocenters. The molecule has 0 saturated carbocycles. The second-order valence-electron chi connectivity index (χ2n) is 3.20. The Hall–Kier alpha value is -2.08. The summed E-state index contributed by atoms with van der Waals surface area (Å²) in [6.07, 6.45) is 1.27. The zero-order valence-corrected chi connectivity index (χ0v) is 8.51. The number of hydrogen-bond acceptors (Lipinski definition) is 5. The summed E-state index contributed by atoms with van der Waals surface area (Å²) in [5.74, 6) is -0.790. The molecule has 0 saturated heterocycles. The second kappa shape index (κ2) is 3.82. The van der Waals surface area contributed by atoms with Crippen molar-refractivity contribution in [3.63, 3.8) is 0 Å². The number of nitrogens with zero attached hydrogens (tertiary/aromatic N) is 1. The summed E-state index contributed by atoms with van der Waals surface area (Å²) in [6.45, 7) is 0. The molecule has 84 valence electrons. The van der Waals surface area contributed by atoms with Gasteiger partial charge in [0, 0.05) is 5.56 Å². The average molecular weight is 222 g/mol. The number of nitrogens with two attached hydrogens (primary N) is 1. The van der Waals surface area contributed by atoms with Gasteiger partial charge in [-0.3, -0.25) is 4.79 Å². The lowest BCUT2D eigenvalue weighted by molar-refractivity contribution is -0.138. The average Bonchev–Trinajstić information content (AvgIpc) is 2.74. The number of aromatic nitrogens is 1.